The van der Waals surface area contributed by atoms with Crippen LogP contribution in [0, 0.1) is 0 Å². The van der Waals surface area contributed by atoms with Gasteiger partial charge in [-0.3, -0.25) is 9.98 Å². The van der Waals surface area contributed by atoms with Gasteiger partial charge in [0, 0.05) is 23.7 Å². The fraction of sp³-hybridized carbons (Fsp3) is 0.300. The van der Waals surface area contributed by atoms with Gasteiger partial charge in [-0.15, -0.1) is 11.8 Å². The monoisotopic (exact) mass is 222 g/mol. The first-order valence-electron chi connectivity index (χ1n) is 4.50. The Morgan fingerprint density at radius 2 is 2.27 bits per heavy atom. The summed E-state index contributed by atoms with van der Waals surface area (Å²) in [6.45, 7) is 0. The Labute approximate surface area is 91.8 Å². The van der Waals surface area contributed by atoms with E-state index in [1.807, 2.05) is 12.1 Å². The lowest BCUT2D eigenvalue weighted by atomic mass is 10.3. The molecular formula is C10H10N2O2S. The summed E-state index contributed by atoms with van der Waals surface area (Å²) >= 11 is 1.57. The molecule has 15 heavy (non-hydrogen) atoms. The van der Waals surface area contributed by atoms with Gasteiger partial charge in [0.1, 0.15) is 0 Å². The number of methoxy groups -OCH3 is 1. The normalized spacial score (nSPS) is 19.8. The quantitative estimate of drug-likeness (QED) is 0.703. The molecule has 2 heterocycles. The number of nitrogens with zero attached hydrogens (tertiary/aromatic N) is 2. The molecule has 0 spiro atoms. The van der Waals surface area contributed by atoms with Crippen LogP contribution in [0.4, 0.5) is 0 Å². The molecular weight excluding hydrogens is 212 g/mol. The first kappa shape index (κ1) is 10.2. The summed E-state index contributed by atoms with van der Waals surface area (Å²) in [5, 5.41) is 0.882. The molecule has 0 amide bonds. The average Bonchev–Trinajstić information content (AvgIpc) is 2.78. The maximum atomic E-state index is 11.2. The van der Waals surface area contributed by atoms with Crippen molar-refractivity contribution in [2.75, 3.05) is 12.9 Å². The Hall–Kier alpha value is -1.36. The summed E-state index contributed by atoms with van der Waals surface area (Å²) in [5.74, 6) is 0.385. The molecule has 1 aliphatic rings. The van der Waals surface area contributed by atoms with Gasteiger partial charge in [0.2, 0.25) is 0 Å². The van der Waals surface area contributed by atoms with Crippen molar-refractivity contribution in [2.45, 2.75) is 6.04 Å². The second-order valence-electron chi connectivity index (χ2n) is 3.02. The van der Waals surface area contributed by atoms with E-state index in [1.165, 1.54) is 7.11 Å². The molecule has 5 heteroatoms. The Morgan fingerprint density at radius 3 is 2.93 bits per heavy atom. The highest BCUT2D eigenvalue weighted by Crippen LogP contribution is 2.23. The van der Waals surface area contributed by atoms with Gasteiger partial charge in [-0.05, 0) is 12.1 Å². The summed E-state index contributed by atoms with van der Waals surface area (Å²) in [6, 6.07) is 3.40. The summed E-state index contributed by atoms with van der Waals surface area (Å²) in [6.07, 6.45) is 3.42. The predicted molar refractivity (Wildman–Crippen MR) is 59.0 cm³/mol. The molecule has 0 fully saturated rings. The molecule has 1 aliphatic heterocycles. The number of hydrogen-bond donors (Lipinski definition) is 0. The van der Waals surface area contributed by atoms with E-state index in [1.54, 1.807) is 24.2 Å². The summed E-state index contributed by atoms with van der Waals surface area (Å²) < 4.78 is 4.65. The van der Waals surface area contributed by atoms with Crippen LogP contribution in [-0.2, 0) is 9.53 Å². The van der Waals surface area contributed by atoms with Crippen LogP contribution in [0.25, 0.3) is 0 Å². The van der Waals surface area contributed by atoms with E-state index in [0.717, 1.165) is 10.6 Å². The molecule has 0 bridgehead atoms. The standard InChI is InChI=1S/C10H10N2O2S/c1-14-10(13)8-6-15-9(12-8)7-2-4-11-5-3-7/h2-5,8H,6H2,1H3. The van der Waals surface area contributed by atoms with Crippen molar-refractivity contribution in [1.82, 2.24) is 4.98 Å². The minimum absolute atomic E-state index is 0.272. The van der Waals surface area contributed by atoms with Crippen molar-refractivity contribution in [1.29, 1.82) is 0 Å². The molecule has 0 aromatic carbocycles. The fourth-order valence-electron chi connectivity index (χ4n) is 1.28. The van der Waals surface area contributed by atoms with E-state index in [0.29, 0.717) is 5.75 Å². The Kier molecular flexibility index (Phi) is 3.01. The van der Waals surface area contributed by atoms with E-state index in [-0.39, 0.29) is 12.0 Å². The smallest absolute Gasteiger partial charge is 0.331 e. The van der Waals surface area contributed by atoms with Crippen LogP contribution in [0.15, 0.2) is 29.5 Å². The zero-order valence-electron chi connectivity index (χ0n) is 8.21. The van der Waals surface area contributed by atoms with Crippen LogP contribution in [-0.4, -0.2) is 34.9 Å². The molecule has 0 saturated heterocycles. The van der Waals surface area contributed by atoms with E-state index < -0.39 is 0 Å². The molecule has 1 unspecified atom stereocenters. The molecule has 0 radical (unpaired) electrons. The number of rotatable bonds is 2. The number of esters is 1. The molecule has 2 rings (SSSR count). The first-order chi connectivity index (χ1) is 7.31. The van der Waals surface area contributed by atoms with Crippen molar-refractivity contribution >= 4 is 22.8 Å². The van der Waals surface area contributed by atoms with Gasteiger partial charge in [0.05, 0.1) is 12.2 Å². The third-order valence-corrected chi connectivity index (χ3v) is 3.15. The maximum absolute atomic E-state index is 11.2. The van der Waals surface area contributed by atoms with Crippen molar-refractivity contribution in [3.63, 3.8) is 0 Å². The van der Waals surface area contributed by atoms with Gasteiger partial charge in [-0.25, -0.2) is 4.79 Å². The van der Waals surface area contributed by atoms with E-state index >= 15 is 0 Å². The fourth-order valence-corrected chi connectivity index (χ4v) is 2.31. The number of ether oxygens (including phenoxy) is 1. The maximum Gasteiger partial charge on any atom is 0.331 e. The second kappa shape index (κ2) is 4.44. The highest BCUT2D eigenvalue weighted by molar-refractivity contribution is 8.14. The largest absolute Gasteiger partial charge is 0.467 e. The Morgan fingerprint density at radius 1 is 1.53 bits per heavy atom. The highest BCUT2D eigenvalue weighted by Gasteiger charge is 2.26. The van der Waals surface area contributed by atoms with Crippen molar-refractivity contribution < 1.29 is 9.53 Å². The topological polar surface area (TPSA) is 51.5 Å². The highest BCUT2D eigenvalue weighted by atomic mass is 32.2. The molecule has 1 aromatic heterocycles. The van der Waals surface area contributed by atoms with Crippen LogP contribution >= 0.6 is 11.8 Å². The molecule has 4 nitrogen and oxygen atoms in total. The van der Waals surface area contributed by atoms with Gasteiger partial charge < -0.3 is 4.74 Å². The number of hydrogen-bond acceptors (Lipinski definition) is 5. The average molecular weight is 222 g/mol. The van der Waals surface area contributed by atoms with Crippen LogP contribution in [0.1, 0.15) is 5.56 Å². The molecule has 78 valence electrons. The van der Waals surface area contributed by atoms with Crippen molar-refractivity contribution in [3.05, 3.63) is 30.1 Å². The summed E-state index contributed by atoms with van der Waals surface area (Å²) in [4.78, 5) is 19.5. The summed E-state index contributed by atoms with van der Waals surface area (Å²) in [7, 11) is 1.38. The number of aliphatic imine (C=N–C) groups is 1. The van der Waals surface area contributed by atoms with Crippen LogP contribution in [0.2, 0.25) is 0 Å². The zero-order valence-corrected chi connectivity index (χ0v) is 9.03. The lowest BCUT2D eigenvalue weighted by Crippen LogP contribution is -2.19. The lowest BCUT2D eigenvalue weighted by Gasteiger charge is -2.00. The summed E-state index contributed by atoms with van der Waals surface area (Å²) in [5.41, 5.74) is 1.00. The van der Waals surface area contributed by atoms with Crippen molar-refractivity contribution in [3.8, 4) is 0 Å². The van der Waals surface area contributed by atoms with E-state index in [9.17, 15) is 4.79 Å². The third-order valence-electron chi connectivity index (χ3n) is 2.05. The van der Waals surface area contributed by atoms with Gasteiger partial charge in [0.25, 0.3) is 0 Å². The minimum Gasteiger partial charge on any atom is -0.467 e. The Balaban J connectivity index is 2.17. The molecule has 1 atom stereocenters. The number of thioether (sulfide) groups is 1. The number of aromatic nitrogens is 1. The van der Waals surface area contributed by atoms with E-state index in [4.69, 9.17) is 0 Å². The van der Waals surface area contributed by atoms with Gasteiger partial charge in [-0.2, -0.15) is 0 Å². The minimum atomic E-state index is -0.358. The van der Waals surface area contributed by atoms with E-state index in [2.05, 4.69) is 14.7 Å². The SMILES string of the molecule is COC(=O)C1CSC(c2ccncc2)=N1. The number of pyridine rings is 1. The van der Waals surface area contributed by atoms with Gasteiger partial charge in [-0.1, -0.05) is 0 Å². The third kappa shape index (κ3) is 2.18. The molecule has 0 aliphatic carbocycles. The molecule has 1 aromatic rings. The van der Waals surface area contributed by atoms with Gasteiger partial charge >= 0.3 is 5.97 Å². The predicted octanol–water partition coefficient (Wildman–Crippen LogP) is 1.12. The zero-order chi connectivity index (χ0) is 10.7. The van der Waals surface area contributed by atoms with Crippen LogP contribution < -0.4 is 0 Å². The van der Waals surface area contributed by atoms with Crippen molar-refractivity contribution in [2.24, 2.45) is 4.99 Å². The number of carbonyl (C=O) groups is 1. The van der Waals surface area contributed by atoms with Crippen LogP contribution in [0.5, 0.6) is 0 Å². The second-order valence-corrected chi connectivity index (χ2v) is 4.03. The Bertz CT molecular complexity index is 392. The molecule has 0 N–H and O–H groups in total. The lowest BCUT2D eigenvalue weighted by molar-refractivity contribution is -0.141. The van der Waals surface area contributed by atoms with Gasteiger partial charge in [0.15, 0.2) is 6.04 Å². The molecule has 0 saturated carbocycles. The number of carbonyl (C=O) groups excluding carboxylic acids is 1. The first-order valence-corrected chi connectivity index (χ1v) is 5.48. The van der Waals surface area contributed by atoms with Crippen LogP contribution in [0.3, 0.4) is 0 Å².